The van der Waals surface area contributed by atoms with E-state index in [1.807, 2.05) is 35.0 Å². The zero-order chi connectivity index (χ0) is 9.10. The molecule has 66 valence electrons. The Hall–Kier alpha value is -0.870. The van der Waals surface area contributed by atoms with Crippen molar-refractivity contribution in [1.29, 1.82) is 0 Å². The Labute approximate surface area is 88.8 Å². The summed E-state index contributed by atoms with van der Waals surface area (Å²) in [6, 6.07) is 7.81. The first-order valence-electron chi connectivity index (χ1n) is 3.76. The summed E-state index contributed by atoms with van der Waals surface area (Å²) in [5, 5.41) is 7.27. The van der Waals surface area contributed by atoms with Crippen LogP contribution in [0.25, 0.3) is 0 Å². The van der Waals surface area contributed by atoms with Crippen molar-refractivity contribution in [2.75, 3.05) is 5.32 Å². The van der Waals surface area contributed by atoms with Crippen LogP contribution in [-0.4, -0.2) is 4.98 Å². The first kappa shape index (κ1) is 8.72. The summed E-state index contributed by atoms with van der Waals surface area (Å²) in [4.78, 5) is 4.26. The molecule has 0 aliphatic carbocycles. The number of nitrogens with zero attached hydrogens (tertiary/aromatic N) is 1. The number of anilines is 2. The molecule has 0 aromatic carbocycles. The van der Waals surface area contributed by atoms with Gasteiger partial charge >= 0.3 is 0 Å². The molecule has 2 rings (SSSR count). The third-order valence-electron chi connectivity index (χ3n) is 1.51. The van der Waals surface area contributed by atoms with Crippen LogP contribution in [-0.2, 0) is 0 Å². The largest absolute Gasteiger partial charge is 0.340 e. The van der Waals surface area contributed by atoms with Crippen LogP contribution < -0.4 is 5.32 Å². The van der Waals surface area contributed by atoms with Gasteiger partial charge in [-0.1, -0.05) is 6.07 Å². The Kier molecular flexibility index (Phi) is 2.61. The summed E-state index contributed by atoms with van der Waals surface area (Å²) >= 11 is 4.98. The monoisotopic (exact) mass is 254 g/mol. The minimum absolute atomic E-state index is 0.840. The molecule has 0 bridgehead atoms. The van der Waals surface area contributed by atoms with Crippen LogP contribution in [0.5, 0.6) is 0 Å². The van der Waals surface area contributed by atoms with E-state index in [2.05, 4.69) is 26.2 Å². The van der Waals surface area contributed by atoms with Crippen LogP contribution in [0.3, 0.4) is 0 Å². The molecule has 2 heterocycles. The van der Waals surface area contributed by atoms with Crippen LogP contribution in [0, 0.1) is 0 Å². The third kappa shape index (κ3) is 2.29. The quantitative estimate of drug-likeness (QED) is 0.828. The number of thiophene rings is 1. The maximum absolute atomic E-state index is 4.26. The smallest absolute Gasteiger partial charge is 0.131 e. The van der Waals surface area contributed by atoms with Gasteiger partial charge < -0.3 is 5.32 Å². The fraction of sp³-hybridized carbons (Fsp3) is 0. The van der Waals surface area contributed by atoms with Crippen molar-refractivity contribution in [2.24, 2.45) is 0 Å². The molecule has 0 fully saturated rings. The van der Waals surface area contributed by atoms with E-state index >= 15 is 0 Å². The molecule has 2 nitrogen and oxygen atoms in total. The van der Waals surface area contributed by atoms with E-state index in [0.717, 1.165) is 16.1 Å². The number of hydrogen-bond acceptors (Lipinski definition) is 3. The van der Waals surface area contributed by atoms with Gasteiger partial charge in [0.1, 0.15) is 10.4 Å². The molecule has 2 aromatic rings. The van der Waals surface area contributed by atoms with Gasteiger partial charge in [0.15, 0.2) is 0 Å². The molecule has 0 saturated carbocycles. The lowest BCUT2D eigenvalue weighted by Crippen LogP contribution is -1.90. The van der Waals surface area contributed by atoms with Crippen LogP contribution in [0.15, 0.2) is 39.6 Å². The van der Waals surface area contributed by atoms with E-state index < -0.39 is 0 Å². The summed E-state index contributed by atoms with van der Waals surface area (Å²) in [5.41, 5.74) is 1.08. The average molecular weight is 255 g/mol. The first-order chi connectivity index (χ1) is 6.34. The lowest BCUT2D eigenvalue weighted by molar-refractivity contribution is 1.27. The van der Waals surface area contributed by atoms with Crippen LogP contribution in [0.1, 0.15) is 0 Å². The zero-order valence-electron chi connectivity index (χ0n) is 6.70. The van der Waals surface area contributed by atoms with Gasteiger partial charge in [0.25, 0.3) is 0 Å². The van der Waals surface area contributed by atoms with Crippen molar-refractivity contribution in [1.82, 2.24) is 4.98 Å². The van der Waals surface area contributed by atoms with E-state index in [4.69, 9.17) is 0 Å². The Bertz CT molecular complexity index is 386. The molecule has 0 saturated heterocycles. The molecule has 0 radical (unpaired) electrons. The summed E-state index contributed by atoms with van der Waals surface area (Å²) in [6.07, 6.45) is 0. The predicted molar refractivity (Wildman–Crippen MR) is 59.5 cm³/mol. The van der Waals surface area contributed by atoms with Gasteiger partial charge in [-0.25, -0.2) is 4.98 Å². The Morgan fingerprint density at radius 3 is 2.92 bits per heavy atom. The van der Waals surface area contributed by atoms with Gasteiger partial charge in [0.2, 0.25) is 0 Å². The SMILES string of the molecule is Brc1cccc(Nc2ccsc2)n1. The third-order valence-corrected chi connectivity index (χ3v) is 2.63. The molecular weight excluding hydrogens is 248 g/mol. The maximum Gasteiger partial charge on any atom is 0.131 e. The number of aromatic nitrogens is 1. The molecule has 0 atom stereocenters. The van der Waals surface area contributed by atoms with Crippen molar-refractivity contribution < 1.29 is 0 Å². The zero-order valence-corrected chi connectivity index (χ0v) is 9.10. The van der Waals surface area contributed by atoms with E-state index in [0.29, 0.717) is 0 Å². The normalized spacial score (nSPS) is 9.92. The Balaban J connectivity index is 2.19. The minimum atomic E-state index is 0.840. The van der Waals surface area contributed by atoms with Crippen molar-refractivity contribution in [3.8, 4) is 0 Å². The first-order valence-corrected chi connectivity index (χ1v) is 5.50. The second-order valence-electron chi connectivity index (χ2n) is 2.48. The minimum Gasteiger partial charge on any atom is -0.340 e. The fourth-order valence-electron chi connectivity index (χ4n) is 0.961. The number of hydrogen-bond donors (Lipinski definition) is 1. The highest BCUT2D eigenvalue weighted by Crippen LogP contribution is 2.18. The maximum atomic E-state index is 4.26. The van der Waals surface area contributed by atoms with E-state index in [-0.39, 0.29) is 0 Å². The van der Waals surface area contributed by atoms with Crippen molar-refractivity contribution in [3.05, 3.63) is 39.6 Å². The molecule has 2 aromatic heterocycles. The van der Waals surface area contributed by atoms with Gasteiger partial charge in [-0.05, 0) is 39.5 Å². The number of pyridine rings is 1. The topological polar surface area (TPSA) is 24.9 Å². The number of halogens is 1. The second-order valence-corrected chi connectivity index (χ2v) is 4.08. The van der Waals surface area contributed by atoms with Gasteiger partial charge in [-0.2, -0.15) is 11.3 Å². The predicted octanol–water partition coefficient (Wildman–Crippen LogP) is 3.65. The second kappa shape index (κ2) is 3.89. The molecule has 0 amide bonds. The highest BCUT2D eigenvalue weighted by atomic mass is 79.9. The van der Waals surface area contributed by atoms with Gasteiger partial charge in [0.05, 0.1) is 5.69 Å². The standard InChI is InChI=1S/C9H7BrN2S/c10-8-2-1-3-9(12-8)11-7-4-5-13-6-7/h1-6H,(H,11,12). The van der Waals surface area contributed by atoms with E-state index in [9.17, 15) is 0 Å². The molecular formula is C9H7BrN2S. The highest BCUT2D eigenvalue weighted by molar-refractivity contribution is 9.10. The van der Waals surface area contributed by atoms with Gasteiger partial charge in [0, 0.05) is 5.38 Å². The van der Waals surface area contributed by atoms with Gasteiger partial charge in [-0.15, -0.1) is 0 Å². The Morgan fingerprint density at radius 2 is 2.23 bits per heavy atom. The van der Waals surface area contributed by atoms with E-state index in [1.54, 1.807) is 11.3 Å². The number of rotatable bonds is 2. The van der Waals surface area contributed by atoms with Crippen molar-refractivity contribution in [2.45, 2.75) is 0 Å². The van der Waals surface area contributed by atoms with E-state index in [1.165, 1.54) is 0 Å². The fourth-order valence-corrected chi connectivity index (χ4v) is 1.89. The summed E-state index contributed by atoms with van der Waals surface area (Å²) in [5.74, 6) is 0.854. The highest BCUT2D eigenvalue weighted by Gasteiger charge is 1.95. The van der Waals surface area contributed by atoms with Crippen LogP contribution in [0.2, 0.25) is 0 Å². The average Bonchev–Trinajstić information content (AvgIpc) is 2.57. The molecule has 4 heteroatoms. The molecule has 0 spiro atoms. The lowest BCUT2D eigenvalue weighted by Gasteiger charge is -2.01. The van der Waals surface area contributed by atoms with Crippen molar-refractivity contribution >= 4 is 38.8 Å². The van der Waals surface area contributed by atoms with Crippen LogP contribution in [0.4, 0.5) is 11.5 Å². The Morgan fingerprint density at radius 1 is 1.31 bits per heavy atom. The molecule has 1 N–H and O–H groups in total. The molecule has 0 aliphatic heterocycles. The summed E-state index contributed by atoms with van der Waals surface area (Å²) in [6.45, 7) is 0. The molecule has 0 aliphatic rings. The molecule has 13 heavy (non-hydrogen) atoms. The van der Waals surface area contributed by atoms with Crippen molar-refractivity contribution in [3.63, 3.8) is 0 Å². The number of nitrogens with one attached hydrogen (secondary N) is 1. The molecule has 0 unspecified atom stereocenters. The lowest BCUT2D eigenvalue weighted by atomic mass is 10.4. The summed E-state index contributed by atoms with van der Waals surface area (Å²) < 4.78 is 0.840. The van der Waals surface area contributed by atoms with Gasteiger partial charge in [-0.3, -0.25) is 0 Å². The summed E-state index contributed by atoms with van der Waals surface area (Å²) in [7, 11) is 0. The van der Waals surface area contributed by atoms with Crippen LogP contribution >= 0.6 is 27.3 Å².